The summed E-state index contributed by atoms with van der Waals surface area (Å²) in [5, 5.41) is 17.8. The summed E-state index contributed by atoms with van der Waals surface area (Å²) >= 11 is 1.36. The molecule has 0 spiro atoms. The molecule has 107 valence electrons. The summed E-state index contributed by atoms with van der Waals surface area (Å²) in [7, 11) is 1.59. The molecule has 0 atom stereocenters. The molecule has 2 N–H and O–H groups in total. The van der Waals surface area contributed by atoms with E-state index in [1.165, 1.54) is 11.3 Å². The number of rotatable bonds is 4. The number of thiazole rings is 1. The second kappa shape index (κ2) is 7.45. The van der Waals surface area contributed by atoms with Gasteiger partial charge in [0.2, 0.25) is 0 Å². The number of carbonyl (C=O) groups excluding carboxylic acids is 1. The van der Waals surface area contributed by atoms with Crippen molar-refractivity contribution in [3.05, 3.63) is 35.3 Å². The van der Waals surface area contributed by atoms with Gasteiger partial charge in [-0.15, -0.1) is 16.4 Å². The molecule has 22 heavy (non-hydrogen) atoms. The first kappa shape index (κ1) is 16.6. The van der Waals surface area contributed by atoms with Gasteiger partial charge in [0.15, 0.2) is 0 Å². The first-order valence-corrected chi connectivity index (χ1v) is 6.79. The number of carbonyl (C=O) groups is 1. The van der Waals surface area contributed by atoms with Crippen LogP contribution in [-0.4, -0.2) is 68.2 Å². The summed E-state index contributed by atoms with van der Waals surface area (Å²) in [6, 6.07) is 7.49. The van der Waals surface area contributed by atoms with Crippen LogP contribution in [0.15, 0.2) is 29.6 Å². The fourth-order valence-corrected chi connectivity index (χ4v) is 2.53. The summed E-state index contributed by atoms with van der Waals surface area (Å²) in [4.78, 5) is 16.3. The minimum atomic E-state index is -0.395. The number of amides is 1. The molecular weight excluding hydrogens is 315 g/mol. The first-order valence-electron chi connectivity index (χ1n) is 5.91. The number of aromatic amines is 1. The maximum Gasteiger partial charge on any atom is 0.277 e. The molecule has 1 amide bonds. The van der Waals surface area contributed by atoms with Crippen LogP contribution in [0.3, 0.4) is 0 Å². The minimum absolute atomic E-state index is 0. The molecule has 0 aliphatic rings. The Morgan fingerprint density at radius 3 is 2.91 bits per heavy atom. The van der Waals surface area contributed by atoms with Crippen LogP contribution in [0.1, 0.15) is 10.5 Å². The van der Waals surface area contributed by atoms with Crippen molar-refractivity contribution in [2.24, 2.45) is 0 Å². The zero-order valence-corrected chi connectivity index (χ0v) is 14.7. The standard InChI is InChI=1S/C12H10N6O2S.Na/c1-20-9-5-3-2-4-7(9)11-13-8(6-21-11)10(19)14-12-15-17-18-16-12;/h2-6H,1H3,(H2,14,15,16,17,18,19);. The topological polar surface area (TPSA) is 106 Å². The van der Waals surface area contributed by atoms with Gasteiger partial charge < -0.3 is 4.74 Å². The van der Waals surface area contributed by atoms with E-state index in [4.69, 9.17) is 4.74 Å². The van der Waals surface area contributed by atoms with Gasteiger partial charge in [-0.1, -0.05) is 17.2 Å². The summed E-state index contributed by atoms with van der Waals surface area (Å²) in [6.45, 7) is 0. The number of benzene rings is 1. The molecule has 3 rings (SSSR count). The van der Waals surface area contributed by atoms with Gasteiger partial charge >= 0.3 is 0 Å². The third kappa shape index (κ3) is 3.50. The predicted molar refractivity (Wildman–Crippen MR) is 82.0 cm³/mol. The van der Waals surface area contributed by atoms with Gasteiger partial charge in [0.05, 0.1) is 12.7 Å². The van der Waals surface area contributed by atoms with E-state index >= 15 is 0 Å². The van der Waals surface area contributed by atoms with Gasteiger partial charge in [-0.2, -0.15) is 5.21 Å². The number of tetrazole rings is 1. The number of ether oxygens (including phenoxy) is 1. The molecule has 0 saturated carbocycles. The van der Waals surface area contributed by atoms with Gasteiger partial charge in [-0.3, -0.25) is 10.1 Å². The molecular formula is C12H10N6NaO2S. The number of aromatic nitrogens is 5. The van der Waals surface area contributed by atoms with E-state index < -0.39 is 5.91 Å². The van der Waals surface area contributed by atoms with E-state index in [0.717, 1.165) is 5.56 Å². The van der Waals surface area contributed by atoms with Crippen LogP contribution in [0.2, 0.25) is 0 Å². The van der Waals surface area contributed by atoms with Crippen LogP contribution >= 0.6 is 11.3 Å². The molecule has 0 unspecified atom stereocenters. The number of methoxy groups -OCH3 is 1. The van der Waals surface area contributed by atoms with E-state index in [1.54, 1.807) is 12.5 Å². The van der Waals surface area contributed by atoms with E-state index in [1.807, 2.05) is 24.3 Å². The van der Waals surface area contributed by atoms with Crippen molar-refractivity contribution >= 4 is 52.7 Å². The Balaban J connectivity index is 0.00000176. The summed E-state index contributed by atoms with van der Waals surface area (Å²) < 4.78 is 5.29. The predicted octanol–water partition coefficient (Wildman–Crippen LogP) is 1.20. The number of anilines is 1. The number of hydrogen-bond acceptors (Lipinski definition) is 7. The van der Waals surface area contributed by atoms with E-state index in [-0.39, 0.29) is 41.2 Å². The Hall–Kier alpha value is -1.81. The van der Waals surface area contributed by atoms with Crippen LogP contribution in [0.4, 0.5) is 5.95 Å². The molecule has 2 aromatic heterocycles. The summed E-state index contributed by atoms with van der Waals surface area (Å²) in [5.74, 6) is 0.414. The van der Waals surface area contributed by atoms with Crippen molar-refractivity contribution < 1.29 is 9.53 Å². The maximum atomic E-state index is 12.0. The number of nitrogens with zero attached hydrogens (tertiary/aromatic N) is 4. The van der Waals surface area contributed by atoms with E-state index in [9.17, 15) is 4.79 Å². The maximum absolute atomic E-state index is 12.0. The minimum Gasteiger partial charge on any atom is -0.496 e. The average molecular weight is 325 g/mol. The van der Waals surface area contributed by atoms with E-state index in [0.29, 0.717) is 10.8 Å². The number of H-pyrrole nitrogens is 1. The van der Waals surface area contributed by atoms with Crippen LogP contribution in [-0.2, 0) is 0 Å². The summed E-state index contributed by atoms with van der Waals surface area (Å²) in [6.07, 6.45) is 0. The van der Waals surface area contributed by atoms with Crippen molar-refractivity contribution in [2.45, 2.75) is 0 Å². The van der Waals surface area contributed by atoms with Crippen molar-refractivity contribution in [1.82, 2.24) is 25.6 Å². The summed E-state index contributed by atoms with van der Waals surface area (Å²) in [5.41, 5.74) is 1.12. The van der Waals surface area contributed by atoms with Gasteiger partial charge in [-0.25, -0.2) is 4.98 Å². The third-order valence-corrected chi connectivity index (χ3v) is 3.52. The Bertz CT molecular complexity index is 761. The molecule has 1 radical (unpaired) electrons. The SMILES string of the molecule is COc1ccccc1-c1nc(C(=O)Nc2nn[nH]n2)cs1.[Na]. The normalized spacial score (nSPS) is 9.86. The Kier molecular flexibility index (Phi) is 5.61. The van der Waals surface area contributed by atoms with Gasteiger partial charge in [0, 0.05) is 34.9 Å². The first-order chi connectivity index (χ1) is 10.3. The van der Waals surface area contributed by atoms with Crippen LogP contribution in [0, 0.1) is 0 Å². The fourth-order valence-electron chi connectivity index (χ4n) is 1.70. The smallest absolute Gasteiger partial charge is 0.277 e. The molecule has 0 bridgehead atoms. The molecule has 0 aliphatic heterocycles. The molecule has 1 aromatic carbocycles. The largest absolute Gasteiger partial charge is 0.496 e. The second-order valence-electron chi connectivity index (χ2n) is 3.93. The zero-order valence-electron chi connectivity index (χ0n) is 11.9. The Morgan fingerprint density at radius 1 is 1.36 bits per heavy atom. The van der Waals surface area contributed by atoms with Crippen molar-refractivity contribution in [3.63, 3.8) is 0 Å². The quantitative estimate of drug-likeness (QED) is 0.698. The van der Waals surface area contributed by atoms with Crippen LogP contribution in [0.5, 0.6) is 5.75 Å². The van der Waals surface area contributed by atoms with Gasteiger partial charge in [-0.05, 0) is 17.3 Å². The molecule has 8 nitrogen and oxygen atoms in total. The molecule has 0 saturated heterocycles. The van der Waals surface area contributed by atoms with E-state index in [2.05, 4.69) is 30.9 Å². The Labute approximate surface area is 151 Å². The van der Waals surface area contributed by atoms with Gasteiger partial charge in [0.25, 0.3) is 11.9 Å². The third-order valence-electron chi connectivity index (χ3n) is 2.64. The average Bonchev–Trinajstić information content (AvgIpc) is 3.18. The molecule has 10 heteroatoms. The van der Waals surface area contributed by atoms with Crippen LogP contribution < -0.4 is 10.1 Å². The van der Waals surface area contributed by atoms with Crippen molar-refractivity contribution in [2.75, 3.05) is 12.4 Å². The Morgan fingerprint density at radius 2 is 2.18 bits per heavy atom. The molecule has 0 fully saturated rings. The fraction of sp³-hybridized carbons (Fsp3) is 0.0833. The number of hydrogen-bond donors (Lipinski definition) is 2. The van der Waals surface area contributed by atoms with Crippen LogP contribution in [0.25, 0.3) is 10.6 Å². The monoisotopic (exact) mass is 325 g/mol. The number of para-hydroxylation sites is 1. The molecule has 0 aliphatic carbocycles. The molecule has 2 heterocycles. The van der Waals surface area contributed by atoms with Crippen molar-refractivity contribution in [1.29, 1.82) is 0 Å². The second-order valence-corrected chi connectivity index (χ2v) is 4.79. The molecule has 3 aromatic rings. The zero-order chi connectivity index (χ0) is 14.7. The van der Waals surface area contributed by atoms with Gasteiger partial charge in [0.1, 0.15) is 16.5 Å². The number of nitrogens with one attached hydrogen (secondary N) is 2. The van der Waals surface area contributed by atoms with Crippen molar-refractivity contribution in [3.8, 4) is 16.3 Å².